The van der Waals surface area contributed by atoms with Gasteiger partial charge in [0.2, 0.25) is 11.8 Å². The highest BCUT2D eigenvalue weighted by Gasteiger charge is 2.41. The van der Waals surface area contributed by atoms with Crippen molar-refractivity contribution >= 4 is 17.6 Å². The molecular formula is C25H45NO5. The largest absolute Gasteiger partial charge is 0.377 e. The van der Waals surface area contributed by atoms with E-state index in [9.17, 15) is 14.4 Å². The van der Waals surface area contributed by atoms with Crippen molar-refractivity contribution in [1.29, 1.82) is 0 Å². The quantitative estimate of drug-likeness (QED) is 0.214. The van der Waals surface area contributed by atoms with E-state index in [4.69, 9.17) is 9.47 Å². The standard InChI is InChI=1S/C25H45NO5/c1-5-7-9-10-11-13-21(12-8-6-2)22-18-24(28)26(25(22)29)14-15-30-16-17-31-19-23(27)20(3)4/h20-22H,5-19H2,1-4H3. The van der Waals surface area contributed by atoms with E-state index in [2.05, 4.69) is 13.8 Å². The van der Waals surface area contributed by atoms with Crippen molar-refractivity contribution in [2.75, 3.05) is 33.0 Å². The topological polar surface area (TPSA) is 72.9 Å². The number of rotatable bonds is 19. The molecule has 6 nitrogen and oxygen atoms in total. The van der Waals surface area contributed by atoms with Crippen LogP contribution in [0.15, 0.2) is 0 Å². The third-order valence-corrected chi connectivity index (χ3v) is 6.17. The van der Waals surface area contributed by atoms with Crippen LogP contribution in [0.2, 0.25) is 0 Å². The van der Waals surface area contributed by atoms with Crippen LogP contribution in [0.3, 0.4) is 0 Å². The SMILES string of the molecule is CCCCCCCC(CCCC)C1CC(=O)N(CCOCCOCC(=O)C(C)C)C1=O. The van der Waals surface area contributed by atoms with Gasteiger partial charge < -0.3 is 9.47 Å². The molecule has 1 aliphatic heterocycles. The van der Waals surface area contributed by atoms with Gasteiger partial charge in [-0.05, 0) is 18.8 Å². The fraction of sp³-hybridized carbons (Fsp3) is 0.880. The Bertz CT molecular complexity index is 534. The Kier molecular flexibility index (Phi) is 14.7. The lowest BCUT2D eigenvalue weighted by atomic mass is 9.82. The van der Waals surface area contributed by atoms with Crippen LogP contribution in [0.1, 0.15) is 91.9 Å². The van der Waals surface area contributed by atoms with E-state index in [1.165, 1.54) is 30.6 Å². The lowest BCUT2D eigenvalue weighted by Crippen LogP contribution is -2.35. The highest BCUT2D eigenvalue weighted by molar-refractivity contribution is 6.03. The van der Waals surface area contributed by atoms with Gasteiger partial charge in [-0.15, -0.1) is 0 Å². The Balaban J connectivity index is 2.37. The fourth-order valence-electron chi connectivity index (χ4n) is 4.05. The summed E-state index contributed by atoms with van der Waals surface area (Å²) in [6.45, 7) is 9.47. The summed E-state index contributed by atoms with van der Waals surface area (Å²) < 4.78 is 10.8. The van der Waals surface area contributed by atoms with Gasteiger partial charge in [0.15, 0.2) is 5.78 Å². The van der Waals surface area contributed by atoms with Crippen molar-refractivity contribution in [2.24, 2.45) is 17.8 Å². The van der Waals surface area contributed by atoms with Gasteiger partial charge in [0.25, 0.3) is 0 Å². The van der Waals surface area contributed by atoms with E-state index < -0.39 is 0 Å². The van der Waals surface area contributed by atoms with Crippen LogP contribution in [-0.4, -0.2) is 55.5 Å². The molecule has 1 rings (SSSR count). The van der Waals surface area contributed by atoms with E-state index in [1.54, 1.807) is 0 Å². The number of carbonyl (C=O) groups is 3. The number of Topliss-reactive ketones (excluding diaryl/α,β-unsaturated/α-hetero) is 1. The maximum atomic E-state index is 12.9. The van der Waals surface area contributed by atoms with Crippen LogP contribution in [-0.2, 0) is 23.9 Å². The fourth-order valence-corrected chi connectivity index (χ4v) is 4.05. The maximum absolute atomic E-state index is 12.9. The predicted molar refractivity (Wildman–Crippen MR) is 123 cm³/mol. The van der Waals surface area contributed by atoms with Gasteiger partial charge in [-0.25, -0.2) is 0 Å². The first-order valence-corrected chi connectivity index (χ1v) is 12.4. The lowest BCUT2D eigenvalue weighted by Gasteiger charge is -2.22. The molecule has 1 saturated heterocycles. The predicted octanol–water partition coefficient (Wildman–Crippen LogP) is 4.79. The highest BCUT2D eigenvalue weighted by Crippen LogP contribution is 2.33. The van der Waals surface area contributed by atoms with Crippen LogP contribution in [0.4, 0.5) is 0 Å². The summed E-state index contributed by atoms with van der Waals surface area (Å²) in [4.78, 5) is 38.3. The van der Waals surface area contributed by atoms with E-state index in [0.29, 0.717) is 38.7 Å². The number of ether oxygens (including phenoxy) is 2. The Morgan fingerprint density at radius 2 is 1.58 bits per heavy atom. The molecule has 0 saturated carbocycles. The second-order valence-corrected chi connectivity index (χ2v) is 9.09. The number of hydrogen-bond donors (Lipinski definition) is 0. The molecule has 1 fully saturated rings. The molecular weight excluding hydrogens is 394 g/mol. The van der Waals surface area contributed by atoms with Crippen molar-refractivity contribution in [1.82, 2.24) is 4.90 Å². The number of amides is 2. The number of carbonyl (C=O) groups excluding carboxylic acids is 3. The molecule has 1 aliphatic rings. The molecule has 1 heterocycles. The van der Waals surface area contributed by atoms with Gasteiger partial charge in [-0.1, -0.05) is 72.6 Å². The number of nitrogens with zero attached hydrogens (tertiary/aromatic N) is 1. The van der Waals surface area contributed by atoms with Gasteiger partial charge in [0.05, 0.1) is 32.3 Å². The molecule has 0 aromatic carbocycles. The average Bonchev–Trinajstić information content (AvgIpc) is 3.02. The first kappa shape index (κ1) is 27.8. The molecule has 2 unspecified atom stereocenters. The van der Waals surface area contributed by atoms with Crippen LogP contribution >= 0.6 is 0 Å². The number of ketones is 1. The second kappa shape index (κ2) is 16.4. The minimum atomic E-state index is -0.157. The highest BCUT2D eigenvalue weighted by atomic mass is 16.5. The molecule has 0 bridgehead atoms. The van der Waals surface area contributed by atoms with Crippen molar-refractivity contribution in [3.05, 3.63) is 0 Å². The molecule has 2 amide bonds. The molecule has 180 valence electrons. The molecule has 6 heteroatoms. The summed E-state index contributed by atoms with van der Waals surface area (Å²) >= 11 is 0. The number of imide groups is 1. The molecule has 31 heavy (non-hydrogen) atoms. The third kappa shape index (κ3) is 10.7. The Labute approximate surface area is 189 Å². The van der Waals surface area contributed by atoms with Crippen LogP contribution in [0, 0.1) is 17.8 Å². The first-order valence-electron chi connectivity index (χ1n) is 12.4. The number of hydrogen-bond acceptors (Lipinski definition) is 5. The summed E-state index contributed by atoms with van der Waals surface area (Å²) in [6.07, 6.45) is 10.8. The minimum absolute atomic E-state index is 0.0120. The van der Waals surface area contributed by atoms with Crippen LogP contribution in [0.5, 0.6) is 0 Å². The third-order valence-electron chi connectivity index (χ3n) is 6.17. The van der Waals surface area contributed by atoms with E-state index in [-0.39, 0.29) is 36.0 Å². The zero-order valence-electron chi connectivity index (χ0n) is 20.3. The second-order valence-electron chi connectivity index (χ2n) is 9.09. The van der Waals surface area contributed by atoms with Crippen LogP contribution < -0.4 is 0 Å². The summed E-state index contributed by atoms with van der Waals surface area (Å²) in [6, 6.07) is 0. The summed E-state index contributed by atoms with van der Waals surface area (Å²) in [5, 5.41) is 0. The summed E-state index contributed by atoms with van der Waals surface area (Å²) in [5.41, 5.74) is 0. The Morgan fingerprint density at radius 1 is 0.935 bits per heavy atom. The smallest absolute Gasteiger partial charge is 0.233 e. The lowest BCUT2D eigenvalue weighted by molar-refractivity contribution is -0.141. The van der Waals surface area contributed by atoms with Crippen molar-refractivity contribution < 1.29 is 23.9 Å². The van der Waals surface area contributed by atoms with Gasteiger partial charge in [0, 0.05) is 12.3 Å². The Morgan fingerprint density at radius 3 is 2.26 bits per heavy atom. The van der Waals surface area contributed by atoms with Gasteiger partial charge in [-0.2, -0.15) is 0 Å². The summed E-state index contributed by atoms with van der Waals surface area (Å²) in [5.74, 6) is 0.124. The zero-order valence-corrected chi connectivity index (χ0v) is 20.3. The molecule has 0 spiro atoms. The molecule has 2 atom stereocenters. The molecule has 0 N–H and O–H groups in total. The maximum Gasteiger partial charge on any atom is 0.233 e. The Hall–Kier alpha value is -1.27. The van der Waals surface area contributed by atoms with Crippen molar-refractivity contribution in [2.45, 2.75) is 91.9 Å². The van der Waals surface area contributed by atoms with Gasteiger partial charge >= 0.3 is 0 Å². The van der Waals surface area contributed by atoms with E-state index in [0.717, 1.165) is 32.1 Å². The molecule has 0 aromatic heterocycles. The van der Waals surface area contributed by atoms with Gasteiger partial charge in [0.1, 0.15) is 6.61 Å². The first-order chi connectivity index (χ1) is 14.9. The van der Waals surface area contributed by atoms with Crippen molar-refractivity contribution in [3.8, 4) is 0 Å². The molecule has 0 aliphatic carbocycles. The minimum Gasteiger partial charge on any atom is -0.377 e. The number of likely N-dealkylation sites (tertiary alicyclic amines) is 1. The van der Waals surface area contributed by atoms with E-state index in [1.807, 2.05) is 13.8 Å². The van der Waals surface area contributed by atoms with Gasteiger partial charge in [-0.3, -0.25) is 19.3 Å². The zero-order chi connectivity index (χ0) is 23.1. The monoisotopic (exact) mass is 439 g/mol. The molecule has 0 radical (unpaired) electrons. The average molecular weight is 440 g/mol. The normalized spacial score (nSPS) is 17.7. The number of unbranched alkanes of at least 4 members (excludes halogenated alkanes) is 5. The summed E-state index contributed by atoms with van der Waals surface area (Å²) in [7, 11) is 0. The van der Waals surface area contributed by atoms with Crippen molar-refractivity contribution in [3.63, 3.8) is 0 Å². The molecule has 0 aromatic rings. The van der Waals surface area contributed by atoms with E-state index >= 15 is 0 Å². The van der Waals surface area contributed by atoms with Crippen LogP contribution in [0.25, 0.3) is 0 Å².